The van der Waals surface area contributed by atoms with Crippen molar-refractivity contribution in [1.29, 1.82) is 0 Å². The maximum atomic E-state index is 14.5. The molecule has 34 heavy (non-hydrogen) atoms. The van der Waals surface area contributed by atoms with Crippen molar-refractivity contribution in [2.75, 3.05) is 0 Å². The second-order valence-corrected chi connectivity index (χ2v) is 12.2. The average Bonchev–Trinajstić information content (AvgIpc) is 3.08. The van der Waals surface area contributed by atoms with Gasteiger partial charge in [-0.1, -0.05) is 18.2 Å². The Bertz CT molecular complexity index is 1090. The van der Waals surface area contributed by atoms with Crippen molar-refractivity contribution in [3.63, 3.8) is 0 Å². The predicted octanol–water partition coefficient (Wildman–Crippen LogP) is 5.91. The average molecular weight is 464 g/mol. The molecular weight excluding hydrogens is 422 g/mol. The van der Waals surface area contributed by atoms with Crippen molar-refractivity contribution in [1.82, 2.24) is 14.8 Å². The van der Waals surface area contributed by atoms with Gasteiger partial charge in [-0.2, -0.15) is 0 Å². The van der Waals surface area contributed by atoms with Crippen molar-refractivity contribution in [3.05, 3.63) is 58.4 Å². The van der Waals surface area contributed by atoms with E-state index < -0.39 is 22.2 Å². The van der Waals surface area contributed by atoms with Crippen LogP contribution in [0.25, 0.3) is 0 Å². The van der Waals surface area contributed by atoms with Gasteiger partial charge in [-0.05, 0) is 106 Å². The second kappa shape index (κ2) is 7.73. The number of hydrogen-bond acceptors (Lipinski definition) is 2. The standard InChI is InChI=1S/C29H41N3O2/c1-19-23(21-17-13-14-18-22(21)30-19)25(34)32-28(6,7)26(2,3)31(27(4,5)29(32,8)9)24(33)20-15-11-10-12-16-20/h10-12,15-16,30H,13-14,17-18H2,1-9H3. The highest BCUT2D eigenvalue weighted by atomic mass is 16.2. The SMILES string of the molecule is Cc1[nH]c2c(c1C(=O)N1C(C)(C)C(C)(C)N(C(=O)c3ccccc3)C(C)(C)C1(C)C)CCCC2. The van der Waals surface area contributed by atoms with Crippen LogP contribution in [0.2, 0.25) is 0 Å². The number of H-pyrrole nitrogens is 1. The van der Waals surface area contributed by atoms with Crippen LogP contribution in [0.5, 0.6) is 0 Å². The van der Waals surface area contributed by atoms with Crippen molar-refractivity contribution in [2.45, 2.75) is 110 Å². The summed E-state index contributed by atoms with van der Waals surface area (Å²) in [6.07, 6.45) is 4.24. The highest BCUT2D eigenvalue weighted by Gasteiger charge is 2.66. The summed E-state index contributed by atoms with van der Waals surface area (Å²) in [6.45, 7) is 18.9. The van der Waals surface area contributed by atoms with Crippen LogP contribution in [-0.2, 0) is 12.8 Å². The van der Waals surface area contributed by atoms with E-state index in [0.29, 0.717) is 5.56 Å². The zero-order valence-electron chi connectivity index (χ0n) is 22.4. The van der Waals surface area contributed by atoms with Crippen molar-refractivity contribution in [3.8, 4) is 0 Å². The molecule has 0 saturated carbocycles. The molecule has 0 spiro atoms. The predicted molar refractivity (Wildman–Crippen MR) is 137 cm³/mol. The number of benzene rings is 1. The van der Waals surface area contributed by atoms with Crippen LogP contribution in [0.4, 0.5) is 0 Å². The van der Waals surface area contributed by atoms with E-state index in [1.54, 1.807) is 0 Å². The first-order valence-corrected chi connectivity index (χ1v) is 12.6. The highest BCUT2D eigenvalue weighted by Crippen LogP contribution is 2.52. The lowest BCUT2D eigenvalue weighted by Crippen LogP contribution is -2.85. The molecule has 2 amide bonds. The Morgan fingerprint density at radius 1 is 0.735 bits per heavy atom. The lowest BCUT2D eigenvalue weighted by Gasteiger charge is -2.71. The van der Waals surface area contributed by atoms with Gasteiger partial charge in [0.15, 0.2) is 0 Å². The molecule has 1 aromatic carbocycles. The van der Waals surface area contributed by atoms with Crippen LogP contribution in [0.15, 0.2) is 30.3 Å². The molecule has 5 heteroatoms. The third-order valence-corrected chi connectivity index (χ3v) is 9.35. The van der Waals surface area contributed by atoms with E-state index in [2.05, 4.69) is 65.3 Å². The zero-order chi connectivity index (χ0) is 25.3. The maximum Gasteiger partial charge on any atom is 0.257 e. The number of rotatable bonds is 2. The molecule has 5 nitrogen and oxygen atoms in total. The van der Waals surface area contributed by atoms with Crippen LogP contribution >= 0.6 is 0 Å². The number of nitrogens with one attached hydrogen (secondary N) is 1. The minimum atomic E-state index is -0.626. The first-order valence-electron chi connectivity index (χ1n) is 12.6. The maximum absolute atomic E-state index is 14.5. The monoisotopic (exact) mass is 463 g/mol. The summed E-state index contributed by atoms with van der Waals surface area (Å²) in [7, 11) is 0. The minimum absolute atomic E-state index is 0.000877. The van der Waals surface area contributed by atoms with Gasteiger partial charge in [0.2, 0.25) is 0 Å². The normalized spacial score (nSPS) is 22.3. The van der Waals surface area contributed by atoms with E-state index in [1.807, 2.05) is 42.2 Å². The van der Waals surface area contributed by atoms with Crippen molar-refractivity contribution >= 4 is 11.8 Å². The van der Waals surface area contributed by atoms with Crippen molar-refractivity contribution in [2.24, 2.45) is 0 Å². The van der Waals surface area contributed by atoms with E-state index in [0.717, 1.165) is 36.9 Å². The number of fused-ring (bicyclic) bond motifs is 1. The highest BCUT2D eigenvalue weighted by molar-refractivity contribution is 6.00. The zero-order valence-corrected chi connectivity index (χ0v) is 22.4. The molecule has 0 radical (unpaired) electrons. The Kier molecular flexibility index (Phi) is 5.58. The fourth-order valence-corrected chi connectivity index (χ4v) is 6.45. The van der Waals surface area contributed by atoms with Crippen LogP contribution < -0.4 is 0 Å². The summed E-state index contributed by atoms with van der Waals surface area (Å²) in [5, 5.41) is 0. The second-order valence-electron chi connectivity index (χ2n) is 12.2. The molecule has 1 aliphatic heterocycles. The summed E-state index contributed by atoms with van der Waals surface area (Å²) in [5.41, 5.74) is 2.38. The van der Waals surface area contributed by atoms with Gasteiger partial charge in [-0.3, -0.25) is 9.59 Å². The van der Waals surface area contributed by atoms with Crippen LogP contribution in [-0.4, -0.2) is 48.8 Å². The van der Waals surface area contributed by atoms with Gasteiger partial charge in [0.25, 0.3) is 11.8 Å². The summed E-state index contributed by atoms with van der Waals surface area (Å²) in [5.74, 6) is 0.0684. The van der Waals surface area contributed by atoms with Gasteiger partial charge in [0.1, 0.15) is 0 Å². The molecule has 0 unspecified atom stereocenters. The van der Waals surface area contributed by atoms with E-state index in [1.165, 1.54) is 11.3 Å². The number of carbonyl (C=O) groups is 2. The Labute approximate surface area is 204 Å². The molecule has 1 fully saturated rings. The third-order valence-electron chi connectivity index (χ3n) is 9.35. The largest absolute Gasteiger partial charge is 0.362 e. The smallest absolute Gasteiger partial charge is 0.257 e. The number of aromatic amines is 1. The number of hydrogen-bond donors (Lipinski definition) is 1. The Balaban J connectivity index is 1.87. The van der Waals surface area contributed by atoms with Gasteiger partial charge in [0.05, 0.1) is 27.7 Å². The topological polar surface area (TPSA) is 56.4 Å². The van der Waals surface area contributed by atoms with E-state index >= 15 is 0 Å². The summed E-state index contributed by atoms with van der Waals surface area (Å²) in [6, 6.07) is 9.49. The number of aryl methyl sites for hydroxylation is 2. The number of nitrogens with zero attached hydrogens (tertiary/aromatic N) is 2. The Morgan fingerprint density at radius 2 is 1.21 bits per heavy atom. The molecule has 2 heterocycles. The molecule has 1 saturated heterocycles. The molecule has 184 valence electrons. The minimum Gasteiger partial charge on any atom is -0.362 e. The first kappa shape index (κ1) is 24.6. The fourth-order valence-electron chi connectivity index (χ4n) is 6.45. The number of carbonyl (C=O) groups excluding carboxylic acids is 2. The molecule has 0 bridgehead atoms. The van der Waals surface area contributed by atoms with Gasteiger partial charge in [-0.25, -0.2) is 0 Å². The lowest BCUT2D eigenvalue weighted by molar-refractivity contribution is -0.170. The van der Waals surface area contributed by atoms with E-state index in [4.69, 9.17) is 0 Å². The quantitative estimate of drug-likeness (QED) is 0.601. The third kappa shape index (κ3) is 3.19. The van der Waals surface area contributed by atoms with Gasteiger partial charge < -0.3 is 14.8 Å². The molecule has 1 aromatic heterocycles. The molecule has 4 rings (SSSR count). The molecule has 2 aromatic rings. The molecular formula is C29H41N3O2. The van der Waals surface area contributed by atoms with Crippen molar-refractivity contribution < 1.29 is 9.59 Å². The van der Waals surface area contributed by atoms with E-state index in [9.17, 15) is 9.59 Å². The summed E-state index contributed by atoms with van der Waals surface area (Å²) < 4.78 is 0. The van der Waals surface area contributed by atoms with Gasteiger partial charge in [-0.15, -0.1) is 0 Å². The molecule has 1 N–H and O–H groups in total. The van der Waals surface area contributed by atoms with Crippen LogP contribution in [0.1, 0.15) is 106 Å². The van der Waals surface area contributed by atoms with Crippen LogP contribution in [0, 0.1) is 6.92 Å². The number of piperazine rings is 1. The molecule has 1 aliphatic carbocycles. The Hall–Kier alpha value is -2.56. The van der Waals surface area contributed by atoms with Gasteiger partial charge in [0, 0.05) is 17.0 Å². The number of amides is 2. The molecule has 2 aliphatic rings. The summed E-state index contributed by atoms with van der Waals surface area (Å²) >= 11 is 0. The van der Waals surface area contributed by atoms with E-state index in [-0.39, 0.29) is 11.8 Å². The van der Waals surface area contributed by atoms with Gasteiger partial charge >= 0.3 is 0 Å². The number of aromatic nitrogens is 1. The molecule has 0 atom stereocenters. The Morgan fingerprint density at radius 3 is 1.74 bits per heavy atom. The van der Waals surface area contributed by atoms with Crippen LogP contribution in [0.3, 0.4) is 0 Å². The summed E-state index contributed by atoms with van der Waals surface area (Å²) in [4.78, 5) is 36.1. The lowest BCUT2D eigenvalue weighted by atomic mass is 9.64. The first-order chi connectivity index (χ1) is 15.7. The fraction of sp³-hybridized carbons (Fsp3) is 0.586.